The average molecular weight is 376 g/mol. The number of methoxy groups -OCH3 is 1. The molecule has 124 valence electrons. The number of isothiocyanates is 1. The molecule has 0 radical (unpaired) electrons. The molecule has 2 aromatic rings. The van der Waals surface area contributed by atoms with Gasteiger partial charge in [0.2, 0.25) is 0 Å². The zero-order valence-electron chi connectivity index (χ0n) is 13.2. The number of hydrogen-bond acceptors (Lipinski definition) is 5. The molecule has 1 unspecified atom stereocenters. The van der Waals surface area contributed by atoms with Gasteiger partial charge in [-0.2, -0.15) is 0 Å². The number of rotatable bonds is 8. The van der Waals surface area contributed by atoms with E-state index in [0.29, 0.717) is 13.0 Å². The average Bonchev–Trinajstić information content (AvgIpc) is 2.62. The molecule has 0 bridgehead atoms. The maximum absolute atomic E-state index is 12.2. The van der Waals surface area contributed by atoms with Gasteiger partial charge in [0.1, 0.15) is 5.75 Å². The number of thiocarbonyl (C=S) groups is 1. The van der Waals surface area contributed by atoms with E-state index in [1.807, 2.05) is 54.6 Å². The van der Waals surface area contributed by atoms with Gasteiger partial charge in [-0.15, -0.1) is 0 Å². The van der Waals surface area contributed by atoms with Crippen LogP contribution in [0.4, 0.5) is 0 Å². The third-order valence-electron chi connectivity index (χ3n) is 3.04. The molecule has 0 amide bonds. The molecule has 0 fully saturated rings. The quantitative estimate of drug-likeness (QED) is 0.371. The fourth-order valence-electron chi connectivity index (χ4n) is 1.84. The molecule has 3 nitrogen and oxygen atoms in total. The minimum Gasteiger partial charge on any atom is -0.497 e. The van der Waals surface area contributed by atoms with Crippen LogP contribution in [0.2, 0.25) is 0 Å². The lowest BCUT2D eigenvalue weighted by molar-refractivity contribution is 0.414. The van der Waals surface area contributed by atoms with Gasteiger partial charge in [-0.1, -0.05) is 17.8 Å². The molecule has 6 heteroatoms. The van der Waals surface area contributed by atoms with E-state index >= 15 is 0 Å². The largest absolute Gasteiger partial charge is 0.497 e. The van der Waals surface area contributed by atoms with Gasteiger partial charge in [0.25, 0.3) is 0 Å². The van der Waals surface area contributed by atoms with Gasteiger partial charge in [0.05, 0.1) is 29.6 Å². The first-order valence-electron chi connectivity index (χ1n) is 7.26. The SMILES string of the molecule is COc1ccc(Sc2ccc(S(=O)/C=C/CCN=C=S)cc2)cc1. The van der Waals surface area contributed by atoms with Gasteiger partial charge < -0.3 is 4.74 Å². The Morgan fingerprint density at radius 2 is 1.79 bits per heavy atom. The maximum Gasteiger partial charge on any atom is 0.118 e. The van der Waals surface area contributed by atoms with E-state index in [2.05, 4.69) is 22.4 Å². The minimum atomic E-state index is -1.14. The number of benzene rings is 2. The molecule has 0 aliphatic carbocycles. The molecular weight excluding hydrogens is 358 g/mol. The monoisotopic (exact) mass is 375 g/mol. The molecule has 1 atom stereocenters. The van der Waals surface area contributed by atoms with Crippen molar-refractivity contribution in [3.8, 4) is 5.75 Å². The van der Waals surface area contributed by atoms with Crippen LogP contribution in [0.5, 0.6) is 5.75 Å². The molecule has 0 aliphatic heterocycles. The number of aliphatic imine (C=N–C) groups is 1. The normalized spacial score (nSPS) is 11.9. The van der Waals surface area contributed by atoms with Crippen molar-refractivity contribution >= 4 is 39.9 Å². The van der Waals surface area contributed by atoms with E-state index in [-0.39, 0.29) is 0 Å². The summed E-state index contributed by atoms with van der Waals surface area (Å²) in [6.07, 6.45) is 2.56. The molecular formula is C18H17NO2S3. The van der Waals surface area contributed by atoms with Crippen molar-refractivity contribution in [2.45, 2.75) is 21.1 Å². The number of ether oxygens (including phenoxy) is 1. The number of nitrogens with zero attached hydrogens (tertiary/aromatic N) is 1. The maximum atomic E-state index is 12.2. The Kier molecular flexibility index (Phi) is 7.92. The molecule has 0 aromatic heterocycles. The van der Waals surface area contributed by atoms with E-state index < -0.39 is 10.8 Å². The molecule has 24 heavy (non-hydrogen) atoms. The van der Waals surface area contributed by atoms with Crippen LogP contribution in [0, 0.1) is 0 Å². The third-order valence-corrected chi connectivity index (χ3v) is 5.36. The zero-order chi connectivity index (χ0) is 17.2. The smallest absolute Gasteiger partial charge is 0.118 e. The Morgan fingerprint density at radius 1 is 1.17 bits per heavy atom. The second-order valence-electron chi connectivity index (χ2n) is 4.68. The van der Waals surface area contributed by atoms with Crippen molar-refractivity contribution in [1.82, 2.24) is 0 Å². The molecule has 2 aromatic carbocycles. The highest BCUT2D eigenvalue weighted by molar-refractivity contribution is 7.99. The Bertz CT molecular complexity index is 749. The highest BCUT2D eigenvalue weighted by Gasteiger charge is 2.02. The third kappa shape index (κ3) is 6.06. The van der Waals surface area contributed by atoms with Crippen LogP contribution in [-0.4, -0.2) is 23.0 Å². The molecule has 0 N–H and O–H groups in total. The first-order chi connectivity index (χ1) is 11.7. The van der Waals surface area contributed by atoms with E-state index in [9.17, 15) is 4.21 Å². The Morgan fingerprint density at radius 3 is 2.38 bits per heavy atom. The lowest BCUT2D eigenvalue weighted by Gasteiger charge is -2.04. The first-order valence-corrected chi connectivity index (χ1v) is 9.69. The van der Waals surface area contributed by atoms with Gasteiger partial charge in [0, 0.05) is 20.1 Å². The van der Waals surface area contributed by atoms with E-state index in [0.717, 1.165) is 20.4 Å². The first kappa shape index (κ1) is 18.6. The highest BCUT2D eigenvalue weighted by Crippen LogP contribution is 2.29. The molecule has 0 aliphatic rings. The van der Waals surface area contributed by atoms with Crippen molar-refractivity contribution in [2.75, 3.05) is 13.7 Å². The van der Waals surface area contributed by atoms with Gasteiger partial charge in [-0.25, -0.2) is 9.20 Å². The van der Waals surface area contributed by atoms with Crippen LogP contribution < -0.4 is 4.74 Å². The standard InChI is InChI=1S/C18H17NO2S3/c1-21-15-4-6-16(7-5-15)23-17-8-10-18(11-9-17)24(20)13-3-2-12-19-14-22/h3-11,13H,2,12H2,1H3/b13-3+. The van der Waals surface area contributed by atoms with Crippen LogP contribution in [-0.2, 0) is 10.8 Å². The summed E-state index contributed by atoms with van der Waals surface area (Å²) >= 11 is 6.14. The molecule has 0 saturated heterocycles. The van der Waals surface area contributed by atoms with E-state index in [1.165, 1.54) is 0 Å². The van der Waals surface area contributed by atoms with Crippen molar-refractivity contribution in [3.63, 3.8) is 0 Å². The van der Waals surface area contributed by atoms with E-state index in [4.69, 9.17) is 4.74 Å². The fraction of sp³-hybridized carbons (Fsp3) is 0.167. The van der Waals surface area contributed by atoms with Gasteiger partial charge in [-0.05, 0) is 67.2 Å². The van der Waals surface area contributed by atoms with Crippen molar-refractivity contribution < 1.29 is 8.95 Å². The fourth-order valence-corrected chi connectivity index (χ4v) is 3.62. The molecule has 0 saturated carbocycles. The predicted octanol–water partition coefficient (Wildman–Crippen LogP) is 4.96. The van der Waals surface area contributed by atoms with Crippen LogP contribution in [0.25, 0.3) is 0 Å². The second-order valence-corrected chi connectivity index (χ2v) is 7.35. The van der Waals surface area contributed by atoms with Gasteiger partial charge in [0.15, 0.2) is 0 Å². The summed E-state index contributed by atoms with van der Waals surface area (Å²) in [6.45, 7) is 0.578. The molecule has 2 rings (SSSR count). The van der Waals surface area contributed by atoms with Gasteiger partial charge >= 0.3 is 0 Å². The molecule has 0 spiro atoms. The number of hydrogen-bond donors (Lipinski definition) is 0. The Balaban J connectivity index is 1.94. The van der Waals surface area contributed by atoms with Crippen LogP contribution >= 0.6 is 24.0 Å². The summed E-state index contributed by atoms with van der Waals surface area (Å²) in [5.41, 5.74) is 0. The predicted molar refractivity (Wildman–Crippen MR) is 104 cm³/mol. The summed E-state index contributed by atoms with van der Waals surface area (Å²) in [5.74, 6) is 0.841. The summed E-state index contributed by atoms with van der Waals surface area (Å²) in [7, 11) is 0.511. The minimum absolute atomic E-state index is 0.578. The van der Waals surface area contributed by atoms with Crippen LogP contribution in [0.15, 0.2) is 79.7 Å². The topological polar surface area (TPSA) is 38.7 Å². The Hall–Kier alpha value is -1.72. The molecule has 0 heterocycles. The van der Waals surface area contributed by atoms with E-state index in [1.54, 1.807) is 24.3 Å². The van der Waals surface area contributed by atoms with Crippen LogP contribution in [0.3, 0.4) is 0 Å². The van der Waals surface area contributed by atoms with Crippen LogP contribution in [0.1, 0.15) is 6.42 Å². The Labute approximate surface area is 154 Å². The zero-order valence-corrected chi connectivity index (χ0v) is 15.6. The van der Waals surface area contributed by atoms with Crippen molar-refractivity contribution in [2.24, 2.45) is 4.99 Å². The van der Waals surface area contributed by atoms with Crippen molar-refractivity contribution in [3.05, 3.63) is 60.0 Å². The summed E-state index contributed by atoms with van der Waals surface area (Å²) in [5, 5.41) is 3.99. The lowest BCUT2D eigenvalue weighted by Crippen LogP contribution is -1.87. The summed E-state index contributed by atoms with van der Waals surface area (Å²) in [4.78, 5) is 6.81. The summed E-state index contributed by atoms with van der Waals surface area (Å²) < 4.78 is 17.3. The highest BCUT2D eigenvalue weighted by atomic mass is 32.2. The summed E-state index contributed by atoms with van der Waals surface area (Å²) in [6, 6.07) is 15.6. The van der Waals surface area contributed by atoms with Gasteiger partial charge in [-0.3, -0.25) is 0 Å². The van der Waals surface area contributed by atoms with Crippen molar-refractivity contribution in [1.29, 1.82) is 0 Å². The second kappa shape index (κ2) is 10.2. The lowest BCUT2D eigenvalue weighted by atomic mass is 10.3.